The molecule has 4 nitrogen and oxygen atoms in total. The molecule has 0 atom stereocenters. The highest BCUT2D eigenvalue weighted by molar-refractivity contribution is 5.27. The predicted molar refractivity (Wildman–Crippen MR) is 65.4 cm³/mol. The molecule has 1 aromatic heterocycles. The molecule has 2 aromatic rings. The second-order valence-electron chi connectivity index (χ2n) is 3.92. The van der Waals surface area contributed by atoms with Gasteiger partial charge in [-0.15, -0.1) is 0 Å². The summed E-state index contributed by atoms with van der Waals surface area (Å²) in [7, 11) is 0. The Hall–Kier alpha value is -1.91. The fraction of sp³-hybridized carbons (Fsp3) is 0.214. The van der Waals surface area contributed by atoms with E-state index in [1.54, 1.807) is 6.20 Å². The molecular weight excluding hydrogens is 230 g/mol. The van der Waals surface area contributed by atoms with Crippen molar-refractivity contribution in [2.24, 2.45) is 0 Å². The highest BCUT2D eigenvalue weighted by atomic mass is 16.7. The van der Waals surface area contributed by atoms with Crippen LogP contribution in [0, 0.1) is 0 Å². The molecule has 92 valence electrons. The van der Waals surface area contributed by atoms with Crippen LogP contribution in [0.2, 0.25) is 0 Å². The Bertz CT molecular complexity index is 492. The minimum Gasteiger partial charge on any atom is -0.439 e. The number of ether oxygens (including phenoxy) is 3. The molecule has 1 aliphatic heterocycles. The molecule has 0 bridgehead atoms. The fourth-order valence-corrected chi connectivity index (χ4v) is 1.75. The molecule has 2 heterocycles. The number of pyridine rings is 1. The van der Waals surface area contributed by atoms with Gasteiger partial charge in [0.15, 0.2) is 6.29 Å². The van der Waals surface area contributed by atoms with Crippen molar-refractivity contribution in [2.75, 3.05) is 13.2 Å². The Morgan fingerprint density at radius 1 is 1.00 bits per heavy atom. The summed E-state index contributed by atoms with van der Waals surface area (Å²) in [5.41, 5.74) is 0.910. The van der Waals surface area contributed by atoms with Gasteiger partial charge < -0.3 is 14.2 Å². The van der Waals surface area contributed by atoms with Crippen LogP contribution >= 0.6 is 0 Å². The quantitative estimate of drug-likeness (QED) is 0.831. The number of rotatable bonds is 3. The van der Waals surface area contributed by atoms with E-state index in [0.29, 0.717) is 19.1 Å². The van der Waals surface area contributed by atoms with Crippen molar-refractivity contribution in [1.29, 1.82) is 0 Å². The van der Waals surface area contributed by atoms with E-state index < -0.39 is 0 Å². The summed E-state index contributed by atoms with van der Waals surface area (Å²) in [5, 5.41) is 0. The second kappa shape index (κ2) is 5.16. The smallest absolute Gasteiger partial charge is 0.219 e. The Balaban J connectivity index is 1.71. The number of para-hydroxylation sites is 1. The average Bonchev–Trinajstić information content (AvgIpc) is 2.95. The van der Waals surface area contributed by atoms with Crippen molar-refractivity contribution in [3.05, 3.63) is 54.2 Å². The van der Waals surface area contributed by atoms with Gasteiger partial charge in [0.2, 0.25) is 5.88 Å². The molecule has 18 heavy (non-hydrogen) atoms. The molecule has 0 radical (unpaired) electrons. The first kappa shape index (κ1) is 11.2. The molecule has 1 aliphatic rings. The number of hydrogen-bond acceptors (Lipinski definition) is 4. The van der Waals surface area contributed by atoms with Crippen LogP contribution in [-0.2, 0) is 9.47 Å². The van der Waals surface area contributed by atoms with E-state index in [2.05, 4.69) is 4.98 Å². The van der Waals surface area contributed by atoms with Crippen molar-refractivity contribution in [2.45, 2.75) is 6.29 Å². The van der Waals surface area contributed by atoms with Gasteiger partial charge in [-0.1, -0.05) is 18.2 Å². The minimum atomic E-state index is -0.289. The molecule has 0 spiro atoms. The van der Waals surface area contributed by atoms with E-state index >= 15 is 0 Å². The largest absolute Gasteiger partial charge is 0.439 e. The summed E-state index contributed by atoms with van der Waals surface area (Å²) in [5.74, 6) is 1.33. The van der Waals surface area contributed by atoms with Crippen LogP contribution in [0.15, 0.2) is 48.7 Å². The van der Waals surface area contributed by atoms with Crippen molar-refractivity contribution in [3.63, 3.8) is 0 Å². The first-order valence-electron chi connectivity index (χ1n) is 5.84. The molecule has 1 aromatic carbocycles. The van der Waals surface area contributed by atoms with Crippen LogP contribution in [0.1, 0.15) is 11.9 Å². The van der Waals surface area contributed by atoms with Crippen LogP contribution < -0.4 is 4.74 Å². The highest BCUT2D eigenvalue weighted by Crippen LogP contribution is 2.25. The molecule has 0 amide bonds. The standard InChI is InChI=1S/C14H13NO3/c1-2-4-12(5-3-1)18-13-7-6-11(10-15-13)14-16-8-9-17-14/h1-7,10,14H,8-9H2. The van der Waals surface area contributed by atoms with Gasteiger partial charge in [-0.3, -0.25) is 0 Å². The first-order chi connectivity index (χ1) is 8.92. The van der Waals surface area contributed by atoms with E-state index in [1.807, 2.05) is 42.5 Å². The molecule has 1 fully saturated rings. The molecule has 4 heteroatoms. The third-order valence-electron chi connectivity index (χ3n) is 2.62. The van der Waals surface area contributed by atoms with Gasteiger partial charge in [0, 0.05) is 17.8 Å². The third kappa shape index (κ3) is 2.50. The topological polar surface area (TPSA) is 40.6 Å². The van der Waals surface area contributed by atoms with Crippen molar-refractivity contribution in [1.82, 2.24) is 4.98 Å². The van der Waals surface area contributed by atoms with Gasteiger partial charge in [-0.05, 0) is 18.2 Å². The van der Waals surface area contributed by atoms with Crippen molar-refractivity contribution < 1.29 is 14.2 Å². The van der Waals surface area contributed by atoms with E-state index in [1.165, 1.54) is 0 Å². The summed E-state index contributed by atoms with van der Waals surface area (Å²) < 4.78 is 16.4. The maximum absolute atomic E-state index is 5.60. The van der Waals surface area contributed by atoms with Crippen LogP contribution in [0.5, 0.6) is 11.6 Å². The maximum atomic E-state index is 5.60. The zero-order chi connectivity index (χ0) is 12.2. The highest BCUT2D eigenvalue weighted by Gasteiger charge is 2.18. The van der Waals surface area contributed by atoms with Gasteiger partial charge in [0.25, 0.3) is 0 Å². The molecule has 3 rings (SSSR count). The molecule has 1 saturated heterocycles. The Kier molecular flexibility index (Phi) is 3.21. The lowest BCUT2D eigenvalue weighted by Crippen LogP contribution is -1.98. The van der Waals surface area contributed by atoms with Crippen molar-refractivity contribution in [3.8, 4) is 11.6 Å². The monoisotopic (exact) mass is 243 g/mol. The first-order valence-corrected chi connectivity index (χ1v) is 5.84. The second-order valence-corrected chi connectivity index (χ2v) is 3.92. The molecule has 0 N–H and O–H groups in total. The van der Waals surface area contributed by atoms with Crippen LogP contribution in [0.4, 0.5) is 0 Å². The lowest BCUT2D eigenvalue weighted by Gasteiger charge is -2.09. The Morgan fingerprint density at radius 3 is 2.44 bits per heavy atom. The predicted octanol–water partition coefficient (Wildman–Crippen LogP) is 2.92. The summed E-state index contributed by atoms with van der Waals surface area (Å²) in [6.07, 6.45) is 1.43. The Labute approximate surface area is 105 Å². The zero-order valence-electron chi connectivity index (χ0n) is 9.78. The SMILES string of the molecule is c1ccc(Oc2ccc(C3OCCO3)cn2)cc1. The van der Waals surface area contributed by atoms with E-state index in [0.717, 1.165) is 11.3 Å². The van der Waals surface area contributed by atoms with E-state index in [-0.39, 0.29) is 6.29 Å². The zero-order valence-corrected chi connectivity index (χ0v) is 9.78. The average molecular weight is 243 g/mol. The van der Waals surface area contributed by atoms with Gasteiger partial charge in [0.05, 0.1) is 13.2 Å². The summed E-state index contributed by atoms with van der Waals surface area (Å²) >= 11 is 0. The summed E-state index contributed by atoms with van der Waals surface area (Å²) in [6, 6.07) is 13.3. The number of aromatic nitrogens is 1. The van der Waals surface area contributed by atoms with Gasteiger partial charge in [0.1, 0.15) is 5.75 Å². The fourth-order valence-electron chi connectivity index (χ4n) is 1.75. The number of nitrogens with zero attached hydrogens (tertiary/aromatic N) is 1. The number of benzene rings is 1. The lowest BCUT2D eigenvalue weighted by atomic mass is 10.3. The van der Waals surface area contributed by atoms with Gasteiger partial charge in [-0.2, -0.15) is 0 Å². The molecule has 0 aliphatic carbocycles. The molecule has 0 unspecified atom stereocenters. The van der Waals surface area contributed by atoms with E-state index in [4.69, 9.17) is 14.2 Å². The van der Waals surface area contributed by atoms with Gasteiger partial charge >= 0.3 is 0 Å². The maximum Gasteiger partial charge on any atom is 0.219 e. The lowest BCUT2D eigenvalue weighted by molar-refractivity contribution is -0.0443. The van der Waals surface area contributed by atoms with Crippen LogP contribution in [-0.4, -0.2) is 18.2 Å². The third-order valence-corrected chi connectivity index (χ3v) is 2.62. The van der Waals surface area contributed by atoms with Crippen LogP contribution in [0.3, 0.4) is 0 Å². The Morgan fingerprint density at radius 2 is 1.78 bits per heavy atom. The normalized spacial score (nSPS) is 15.8. The summed E-state index contributed by atoms with van der Waals surface area (Å²) in [6.45, 7) is 1.26. The van der Waals surface area contributed by atoms with Gasteiger partial charge in [-0.25, -0.2) is 4.98 Å². The van der Waals surface area contributed by atoms with Crippen LogP contribution in [0.25, 0.3) is 0 Å². The number of hydrogen-bond donors (Lipinski definition) is 0. The summed E-state index contributed by atoms with van der Waals surface area (Å²) in [4.78, 5) is 4.24. The van der Waals surface area contributed by atoms with Crippen molar-refractivity contribution >= 4 is 0 Å². The van der Waals surface area contributed by atoms with E-state index in [9.17, 15) is 0 Å². The molecule has 0 saturated carbocycles. The molecular formula is C14H13NO3. The minimum absolute atomic E-state index is 0.289.